The third-order valence-electron chi connectivity index (χ3n) is 4.08. The molecule has 0 saturated carbocycles. The molecule has 0 atom stereocenters. The molecule has 3 aromatic carbocycles. The van der Waals surface area contributed by atoms with Crippen LogP contribution in [-0.4, -0.2) is 27.9 Å². The smallest absolute Gasteiger partial charge is 0.376 e. The lowest BCUT2D eigenvalue weighted by atomic mass is 10.3. The first-order valence-corrected chi connectivity index (χ1v) is 13.2. The average Bonchev–Trinajstić information content (AvgIpc) is 2.75. The van der Waals surface area contributed by atoms with E-state index in [2.05, 4.69) is 8.37 Å². The standard InChI is InChI=1S/C20H13F6O6S3.CH4/c21-19(22,23)34(27,28)31-14-6-10-17(11-7-14)33(16-4-2-1-3-5-16)18-12-8-15(9-13-18)32-35(29,30)20(24,25)26;/h1-13H;1H4/q+1;. The topological polar surface area (TPSA) is 86.7 Å². The van der Waals surface area contributed by atoms with E-state index in [1.54, 1.807) is 30.3 Å². The fraction of sp³-hybridized carbons (Fsp3) is 0.143. The van der Waals surface area contributed by atoms with Gasteiger partial charge in [-0.2, -0.15) is 43.2 Å². The van der Waals surface area contributed by atoms with Gasteiger partial charge in [-0.3, -0.25) is 0 Å². The number of benzene rings is 3. The first-order chi connectivity index (χ1) is 16.1. The quantitative estimate of drug-likeness (QED) is 0.152. The van der Waals surface area contributed by atoms with E-state index in [1.807, 2.05) is 0 Å². The van der Waals surface area contributed by atoms with Crippen LogP contribution in [0.5, 0.6) is 11.5 Å². The van der Waals surface area contributed by atoms with Crippen LogP contribution < -0.4 is 8.37 Å². The first kappa shape index (κ1) is 29.3. The van der Waals surface area contributed by atoms with Gasteiger partial charge >= 0.3 is 31.3 Å². The molecule has 0 aliphatic rings. The van der Waals surface area contributed by atoms with Crippen LogP contribution in [0.25, 0.3) is 0 Å². The van der Waals surface area contributed by atoms with Crippen molar-refractivity contribution in [3.8, 4) is 11.5 Å². The summed E-state index contributed by atoms with van der Waals surface area (Å²) >= 11 is 0. The summed E-state index contributed by atoms with van der Waals surface area (Å²) in [5.41, 5.74) is -11.2. The molecule has 3 aromatic rings. The Morgan fingerprint density at radius 2 is 0.833 bits per heavy atom. The first-order valence-electron chi connectivity index (χ1n) is 9.12. The molecule has 0 unspecified atom stereocenters. The second-order valence-electron chi connectivity index (χ2n) is 6.53. The van der Waals surface area contributed by atoms with E-state index in [9.17, 15) is 43.2 Å². The highest BCUT2D eigenvalue weighted by Crippen LogP contribution is 2.35. The van der Waals surface area contributed by atoms with Crippen molar-refractivity contribution in [2.45, 2.75) is 33.1 Å². The van der Waals surface area contributed by atoms with E-state index in [4.69, 9.17) is 0 Å². The lowest BCUT2D eigenvalue weighted by Crippen LogP contribution is -2.28. The summed E-state index contributed by atoms with van der Waals surface area (Å²) in [4.78, 5) is 1.68. The summed E-state index contributed by atoms with van der Waals surface area (Å²) < 4.78 is 128. The van der Waals surface area contributed by atoms with Gasteiger partial charge in [0.05, 0.1) is 10.9 Å². The van der Waals surface area contributed by atoms with Gasteiger partial charge in [-0.05, 0) is 60.7 Å². The second kappa shape index (κ2) is 10.6. The zero-order valence-corrected chi connectivity index (χ0v) is 19.4. The van der Waals surface area contributed by atoms with Crippen LogP contribution in [0.3, 0.4) is 0 Å². The Morgan fingerprint density at radius 1 is 0.528 bits per heavy atom. The molecular weight excluding hydrogens is 558 g/mol. The maximum atomic E-state index is 12.5. The molecule has 0 saturated heterocycles. The predicted octanol–water partition coefficient (Wildman–Crippen LogP) is 5.87. The highest BCUT2D eigenvalue weighted by molar-refractivity contribution is 7.97. The van der Waals surface area contributed by atoms with Crippen LogP contribution in [0.15, 0.2) is 93.5 Å². The number of hydrogen-bond acceptors (Lipinski definition) is 6. The molecule has 0 radical (unpaired) electrons. The fourth-order valence-corrected chi connectivity index (χ4v) is 5.56. The molecule has 0 heterocycles. The Bertz CT molecular complexity index is 1280. The highest BCUT2D eigenvalue weighted by Gasteiger charge is 2.49. The molecule has 0 aromatic heterocycles. The molecule has 0 aliphatic carbocycles. The summed E-state index contributed by atoms with van der Waals surface area (Å²) in [6.45, 7) is 0. The van der Waals surface area contributed by atoms with Crippen LogP contribution in [0.4, 0.5) is 26.3 Å². The molecule has 0 bridgehead atoms. The molecule has 36 heavy (non-hydrogen) atoms. The van der Waals surface area contributed by atoms with Crippen LogP contribution in [-0.2, 0) is 31.1 Å². The molecule has 0 fully saturated rings. The van der Waals surface area contributed by atoms with Crippen LogP contribution >= 0.6 is 0 Å². The van der Waals surface area contributed by atoms with Crippen molar-refractivity contribution in [2.75, 3.05) is 0 Å². The summed E-state index contributed by atoms with van der Waals surface area (Å²) in [6.07, 6.45) is 0. The summed E-state index contributed by atoms with van der Waals surface area (Å²) in [5, 5.41) is 0. The van der Waals surface area contributed by atoms with Crippen molar-refractivity contribution < 1.29 is 51.5 Å². The molecule has 6 nitrogen and oxygen atoms in total. The Balaban J connectivity index is 0.00000456. The van der Waals surface area contributed by atoms with E-state index in [1.165, 1.54) is 24.3 Å². The van der Waals surface area contributed by atoms with Crippen molar-refractivity contribution in [3.05, 3.63) is 78.9 Å². The normalized spacial score (nSPS) is 12.6. The van der Waals surface area contributed by atoms with Crippen molar-refractivity contribution >= 4 is 31.1 Å². The average molecular weight is 576 g/mol. The Morgan fingerprint density at radius 3 is 1.14 bits per heavy atom. The maximum absolute atomic E-state index is 12.5. The largest absolute Gasteiger partial charge is 0.534 e. The van der Waals surface area contributed by atoms with Gasteiger partial charge in [-0.15, -0.1) is 0 Å². The van der Waals surface area contributed by atoms with E-state index < -0.39 is 53.6 Å². The van der Waals surface area contributed by atoms with Crippen molar-refractivity contribution in [3.63, 3.8) is 0 Å². The van der Waals surface area contributed by atoms with E-state index in [0.717, 1.165) is 24.3 Å². The molecular formula is C21H17F6O6S3+. The molecule has 0 aliphatic heterocycles. The molecule has 0 spiro atoms. The second-order valence-corrected chi connectivity index (χ2v) is 11.6. The van der Waals surface area contributed by atoms with Gasteiger partial charge < -0.3 is 8.37 Å². The van der Waals surface area contributed by atoms with Crippen molar-refractivity contribution in [1.29, 1.82) is 0 Å². The van der Waals surface area contributed by atoms with E-state index >= 15 is 0 Å². The minimum Gasteiger partial charge on any atom is -0.376 e. The fourth-order valence-electron chi connectivity index (χ4n) is 2.58. The van der Waals surface area contributed by atoms with Gasteiger partial charge in [0.1, 0.15) is 11.5 Å². The maximum Gasteiger partial charge on any atom is 0.534 e. The molecule has 15 heteroatoms. The molecule has 0 amide bonds. The van der Waals surface area contributed by atoms with Gasteiger partial charge in [-0.1, -0.05) is 25.6 Å². The number of hydrogen-bond donors (Lipinski definition) is 0. The number of halogens is 6. The lowest BCUT2D eigenvalue weighted by Gasteiger charge is -2.12. The van der Waals surface area contributed by atoms with Gasteiger partial charge in [0.2, 0.25) is 0 Å². The van der Waals surface area contributed by atoms with E-state index in [-0.39, 0.29) is 7.43 Å². The highest BCUT2D eigenvalue weighted by atomic mass is 32.2. The Kier molecular flexibility index (Phi) is 8.63. The minimum absolute atomic E-state index is 0. The van der Waals surface area contributed by atoms with Crippen molar-refractivity contribution in [2.24, 2.45) is 0 Å². The van der Waals surface area contributed by atoms with Crippen LogP contribution in [0.1, 0.15) is 7.43 Å². The molecule has 196 valence electrons. The van der Waals surface area contributed by atoms with Gasteiger partial charge in [0.15, 0.2) is 14.7 Å². The van der Waals surface area contributed by atoms with Gasteiger partial charge in [-0.25, -0.2) is 0 Å². The molecule has 0 N–H and O–H groups in total. The monoisotopic (exact) mass is 575 g/mol. The zero-order chi connectivity index (χ0) is 26.1. The van der Waals surface area contributed by atoms with Gasteiger partial charge in [0.25, 0.3) is 0 Å². The number of rotatable bonds is 7. The van der Waals surface area contributed by atoms with Crippen LogP contribution in [0, 0.1) is 0 Å². The van der Waals surface area contributed by atoms with Crippen molar-refractivity contribution in [1.82, 2.24) is 0 Å². The zero-order valence-electron chi connectivity index (χ0n) is 16.9. The summed E-state index contributed by atoms with van der Waals surface area (Å²) in [6, 6.07) is 18.0. The molecule has 3 rings (SSSR count). The van der Waals surface area contributed by atoms with E-state index in [0.29, 0.717) is 14.7 Å². The Hall–Kier alpha value is -2.91. The minimum atomic E-state index is -5.86. The third-order valence-corrected chi connectivity index (χ3v) is 8.26. The predicted molar refractivity (Wildman–Crippen MR) is 119 cm³/mol. The third kappa shape index (κ3) is 6.64. The SMILES string of the molecule is C.O=S(=O)(Oc1ccc([S+](c2ccccc2)c2ccc(OS(=O)(=O)C(F)(F)F)cc2)cc1)C(F)(F)F. The lowest BCUT2D eigenvalue weighted by molar-refractivity contribution is -0.0504. The van der Waals surface area contributed by atoms with Gasteiger partial charge in [0, 0.05) is 0 Å². The summed E-state index contributed by atoms with van der Waals surface area (Å²) in [5.74, 6) is -1.16. The Labute approximate surface area is 206 Å². The number of alkyl halides is 6. The van der Waals surface area contributed by atoms with Crippen LogP contribution in [0.2, 0.25) is 0 Å². The summed E-state index contributed by atoms with van der Waals surface area (Å²) in [7, 11) is -12.7.